The minimum atomic E-state index is -0.250. The van der Waals surface area contributed by atoms with Gasteiger partial charge in [-0.3, -0.25) is 4.79 Å². The monoisotopic (exact) mass is 373 g/mol. The van der Waals surface area contributed by atoms with Gasteiger partial charge in [-0.2, -0.15) is 0 Å². The summed E-state index contributed by atoms with van der Waals surface area (Å²) in [6.45, 7) is 1.89. The molecular formula is C17H19N5O3S. The molecule has 1 aromatic carbocycles. The fourth-order valence-electron chi connectivity index (χ4n) is 2.74. The standard InChI is InChI=1S/C17H19N5O3S/c1-10(14-8-11-4-3-5-13(24-2)16(11)25-14)18-15(23)9-26-17-19-20-21-22(17)12-6-7-12/h3-5,8,10,12H,6-7,9H2,1-2H3,(H,18,23)/t10-/m1/s1. The number of benzene rings is 1. The van der Waals surface area contributed by atoms with Gasteiger partial charge in [0, 0.05) is 5.39 Å². The molecule has 0 radical (unpaired) electrons. The van der Waals surface area contributed by atoms with E-state index in [1.54, 1.807) is 11.8 Å². The van der Waals surface area contributed by atoms with Crippen LogP contribution in [0.2, 0.25) is 0 Å². The molecule has 136 valence electrons. The quantitative estimate of drug-likeness (QED) is 0.636. The smallest absolute Gasteiger partial charge is 0.231 e. The predicted molar refractivity (Wildman–Crippen MR) is 96.1 cm³/mol. The SMILES string of the molecule is COc1cccc2cc([C@@H](C)NC(=O)CSc3nnnn3C3CC3)oc12. The Labute approximate surface area is 154 Å². The number of nitrogens with zero attached hydrogens (tertiary/aromatic N) is 4. The maximum atomic E-state index is 12.3. The Morgan fingerprint density at radius 1 is 1.50 bits per heavy atom. The second-order valence-electron chi connectivity index (χ2n) is 6.24. The first kappa shape index (κ1) is 16.9. The average molecular weight is 373 g/mol. The lowest BCUT2D eigenvalue weighted by Gasteiger charge is -2.11. The molecular weight excluding hydrogens is 354 g/mol. The third kappa shape index (κ3) is 3.39. The maximum absolute atomic E-state index is 12.3. The summed E-state index contributed by atoms with van der Waals surface area (Å²) in [5, 5.41) is 16.2. The molecule has 26 heavy (non-hydrogen) atoms. The van der Waals surface area contributed by atoms with E-state index >= 15 is 0 Å². The predicted octanol–water partition coefficient (Wildman–Crippen LogP) is 2.73. The molecule has 1 atom stereocenters. The van der Waals surface area contributed by atoms with Gasteiger partial charge >= 0.3 is 0 Å². The van der Waals surface area contributed by atoms with E-state index in [0.717, 1.165) is 18.2 Å². The molecule has 9 heteroatoms. The molecule has 0 spiro atoms. The van der Waals surface area contributed by atoms with E-state index in [9.17, 15) is 4.79 Å². The van der Waals surface area contributed by atoms with E-state index in [2.05, 4.69) is 20.8 Å². The molecule has 1 fully saturated rings. The third-order valence-corrected chi connectivity index (χ3v) is 5.17. The van der Waals surface area contributed by atoms with Crippen molar-refractivity contribution in [2.24, 2.45) is 0 Å². The molecule has 1 amide bonds. The van der Waals surface area contributed by atoms with Crippen LogP contribution in [-0.2, 0) is 4.79 Å². The van der Waals surface area contributed by atoms with E-state index in [0.29, 0.717) is 28.3 Å². The van der Waals surface area contributed by atoms with Gasteiger partial charge < -0.3 is 14.5 Å². The topological polar surface area (TPSA) is 95.1 Å². The Morgan fingerprint density at radius 3 is 3.12 bits per heavy atom. The van der Waals surface area contributed by atoms with Crippen LogP contribution in [0.4, 0.5) is 0 Å². The van der Waals surface area contributed by atoms with Gasteiger partial charge in [-0.15, -0.1) is 5.10 Å². The lowest BCUT2D eigenvalue weighted by atomic mass is 10.2. The molecule has 1 aliphatic carbocycles. The average Bonchev–Trinajstić information content (AvgIpc) is 3.20. The van der Waals surface area contributed by atoms with Gasteiger partial charge in [0.05, 0.1) is 24.9 Å². The van der Waals surface area contributed by atoms with Crippen LogP contribution in [-0.4, -0.2) is 39.0 Å². The number of rotatable bonds is 7. The number of carbonyl (C=O) groups is 1. The lowest BCUT2D eigenvalue weighted by Crippen LogP contribution is -2.28. The van der Waals surface area contributed by atoms with Crippen molar-refractivity contribution >= 4 is 28.6 Å². The van der Waals surface area contributed by atoms with E-state index in [-0.39, 0.29) is 17.7 Å². The first-order valence-electron chi connectivity index (χ1n) is 8.42. The highest BCUT2D eigenvalue weighted by atomic mass is 32.2. The van der Waals surface area contributed by atoms with Crippen LogP contribution >= 0.6 is 11.8 Å². The number of thioether (sulfide) groups is 1. The van der Waals surface area contributed by atoms with Crippen molar-refractivity contribution in [3.8, 4) is 5.75 Å². The molecule has 2 aromatic heterocycles. The molecule has 1 N–H and O–H groups in total. The molecule has 0 saturated heterocycles. The number of fused-ring (bicyclic) bond motifs is 1. The Morgan fingerprint density at radius 2 is 2.35 bits per heavy atom. The highest BCUT2D eigenvalue weighted by Gasteiger charge is 2.28. The Kier molecular flexibility index (Phi) is 4.54. The normalized spacial score (nSPS) is 15.2. The molecule has 1 saturated carbocycles. The van der Waals surface area contributed by atoms with Crippen LogP contribution in [0, 0.1) is 0 Å². The number of methoxy groups -OCH3 is 1. The van der Waals surface area contributed by atoms with Crippen molar-refractivity contribution in [2.75, 3.05) is 12.9 Å². The number of ether oxygens (including phenoxy) is 1. The molecule has 8 nitrogen and oxygen atoms in total. The first-order chi connectivity index (χ1) is 12.7. The van der Waals surface area contributed by atoms with E-state index < -0.39 is 0 Å². The molecule has 1 aliphatic rings. The molecule has 2 heterocycles. The van der Waals surface area contributed by atoms with E-state index in [1.807, 2.05) is 31.2 Å². The fraction of sp³-hybridized carbons (Fsp3) is 0.412. The van der Waals surface area contributed by atoms with Gasteiger partial charge in [0.15, 0.2) is 11.3 Å². The van der Waals surface area contributed by atoms with Crippen molar-refractivity contribution in [3.05, 3.63) is 30.0 Å². The summed E-state index contributed by atoms with van der Waals surface area (Å²) in [7, 11) is 1.61. The molecule has 0 bridgehead atoms. The summed E-state index contributed by atoms with van der Waals surface area (Å²) >= 11 is 1.34. The zero-order valence-electron chi connectivity index (χ0n) is 14.5. The minimum Gasteiger partial charge on any atom is -0.493 e. The fourth-order valence-corrected chi connectivity index (χ4v) is 3.50. The van der Waals surface area contributed by atoms with Crippen LogP contribution in [0.25, 0.3) is 11.0 Å². The summed E-state index contributed by atoms with van der Waals surface area (Å²) in [5.41, 5.74) is 0.684. The number of hydrogen-bond acceptors (Lipinski definition) is 7. The number of amides is 1. The van der Waals surface area contributed by atoms with Crippen LogP contribution in [0.15, 0.2) is 33.8 Å². The minimum absolute atomic E-state index is 0.0970. The summed E-state index contributed by atoms with van der Waals surface area (Å²) in [4.78, 5) is 12.3. The highest BCUT2D eigenvalue weighted by molar-refractivity contribution is 7.99. The maximum Gasteiger partial charge on any atom is 0.231 e. The summed E-state index contributed by atoms with van der Waals surface area (Å²) < 4.78 is 13.0. The van der Waals surface area contributed by atoms with E-state index in [4.69, 9.17) is 9.15 Å². The molecule has 0 aliphatic heterocycles. The van der Waals surface area contributed by atoms with Gasteiger partial charge in [0.1, 0.15) is 5.76 Å². The van der Waals surface area contributed by atoms with Crippen LogP contribution in [0.1, 0.15) is 37.6 Å². The molecule has 0 unspecified atom stereocenters. The summed E-state index contributed by atoms with van der Waals surface area (Å²) in [6, 6.07) is 7.76. The van der Waals surface area contributed by atoms with Gasteiger partial charge in [0.25, 0.3) is 0 Å². The zero-order valence-corrected chi connectivity index (χ0v) is 15.3. The van der Waals surface area contributed by atoms with Gasteiger partial charge in [-0.25, -0.2) is 4.68 Å². The summed E-state index contributed by atoms with van der Waals surface area (Å²) in [6.07, 6.45) is 2.19. The third-order valence-electron chi connectivity index (χ3n) is 4.24. The number of furan rings is 1. The molecule has 4 rings (SSSR count). The van der Waals surface area contributed by atoms with Crippen molar-refractivity contribution in [1.82, 2.24) is 25.5 Å². The van der Waals surface area contributed by atoms with Crippen LogP contribution < -0.4 is 10.1 Å². The van der Waals surface area contributed by atoms with Crippen molar-refractivity contribution < 1.29 is 13.9 Å². The number of nitrogens with one attached hydrogen (secondary N) is 1. The van der Waals surface area contributed by atoms with Gasteiger partial charge in [0.2, 0.25) is 11.1 Å². The number of para-hydroxylation sites is 1. The Balaban J connectivity index is 1.38. The number of hydrogen-bond donors (Lipinski definition) is 1. The summed E-state index contributed by atoms with van der Waals surface area (Å²) in [5.74, 6) is 1.52. The van der Waals surface area contributed by atoms with Crippen molar-refractivity contribution in [1.29, 1.82) is 0 Å². The Bertz CT molecular complexity index is 934. The number of tetrazole rings is 1. The van der Waals surface area contributed by atoms with Gasteiger partial charge in [-0.1, -0.05) is 23.9 Å². The van der Waals surface area contributed by atoms with Crippen LogP contribution in [0.3, 0.4) is 0 Å². The lowest BCUT2D eigenvalue weighted by molar-refractivity contribution is -0.119. The van der Waals surface area contributed by atoms with Crippen molar-refractivity contribution in [2.45, 2.75) is 37.0 Å². The zero-order chi connectivity index (χ0) is 18.1. The largest absolute Gasteiger partial charge is 0.493 e. The van der Waals surface area contributed by atoms with Crippen molar-refractivity contribution in [3.63, 3.8) is 0 Å². The van der Waals surface area contributed by atoms with Crippen LogP contribution in [0.5, 0.6) is 5.75 Å². The second kappa shape index (κ2) is 6.99. The molecule has 3 aromatic rings. The Hall–Kier alpha value is -2.55. The second-order valence-corrected chi connectivity index (χ2v) is 7.18. The van der Waals surface area contributed by atoms with E-state index in [1.165, 1.54) is 11.8 Å². The number of aromatic nitrogens is 4. The first-order valence-corrected chi connectivity index (χ1v) is 9.40. The van der Waals surface area contributed by atoms with Gasteiger partial charge in [-0.05, 0) is 42.3 Å². The number of carbonyl (C=O) groups excluding carboxylic acids is 1. The highest BCUT2D eigenvalue weighted by Crippen LogP contribution is 2.36.